The Balaban J connectivity index is 1.55. The highest BCUT2D eigenvalue weighted by atomic mass is 127. The molecule has 2 aromatic carbocycles. The van der Waals surface area contributed by atoms with Crippen LogP contribution in [0.1, 0.15) is 66.4 Å². The van der Waals surface area contributed by atoms with Gasteiger partial charge >= 0.3 is 0 Å². The lowest BCUT2D eigenvalue weighted by Gasteiger charge is -2.31. The Hall–Kier alpha value is -2.48. The van der Waals surface area contributed by atoms with Gasteiger partial charge in [0.25, 0.3) is 5.56 Å². The Morgan fingerprint density at radius 3 is 2.21 bits per heavy atom. The van der Waals surface area contributed by atoms with Crippen LogP contribution in [0.5, 0.6) is 0 Å². The molecule has 0 unspecified atom stereocenters. The summed E-state index contributed by atoms with van der Waals surface area (Å²) in [5.74, 6) is 1.47. The molecule has 176 valence electrons. The maximum Gasteiger partial charge on any atom is 0.259 e. The number of fused-ring (bicyclic) bond motifs is 1. The number of carbonyl (C=O) groups excluding carboxylic acids is 1. The van der Waals surface area contributed by atoms with Crippen LogP contribution in [0.3, 0.4) is 0 Å². The molecule has 0 radical (unpaired) electrons. The van der Waals surface area contributed by atoms with Crippen molar-refractivity contribution in [2.75, 3.05) is 6.54 Å². The third-order valence-electron chi connectivity index (χ3n) is 7.23. The fourth-order valence-corrected chi connectivity index (χ4v) is 6.00. The molecule has 5 nitrogen and oxygen atoms in total. The molecule has 2 aliphatic rings. The summed E-state index contributed by atoms with van der Waals surface area (Å²) in [6.07, 6.45) is 6.02. The summed E-state index contributed by atoms with van der Waals surface area (Å²) in [7, 11) is 0. The zero-order chi connectivity index (χ0) is 23.5. The number of halogens is 1. The highest BCUT2D eigenvalue weighted by Crippen LogP contribution is 2.30. The smallest absolute Gasteiger partial charge is 0.259 e. The molecule has 1 amide bonds. The van der Waals surface area contributed by atoms with Crippen LogP contribution in [0.25, 0.3) is 0 Å². The number of aromatic nitrogens is 2. The molecule has 0 atom stereocenters. The first kappa shape index (κ1) is 23.3. The van der Waals surface area contributed by atoms with Gasteiger partial charge in [-0.3, -0.25) is 14.2 Å². The van der Waals surface area contributed by atoms with E-state index in [0.717, 1.165) is 35.5 Å². The van der Waals surface area contributed by atoms with E-state index in [2.05, 4.69) is 46.9 Å². The number of amides is 1. The van der Waals surface area contributed by atoms with E-state index in [9.17, 15) is 9.59 Å². The van der Waals surface area contributed by atoms with Gasteiger partial charge in [-0.05, 0) is 29.9 Å². The standard InChI is InChI=1S/C28H30IN3O2/c29-18-25-30-24-15-16-31(26(33)17-20-9-7-8-10-20)19-23(24)28(34)32(25)27(21-11-3-1-4-12-21)22-13-5-2-6-14-22/h1-6,11-14,20,27H,7-10,15-19H2. The van der Waals surface area contributed by atoms with Gasteiger partial charge in [0.15, 0.2) is 0 Å². The molecule has 0 N–H and O–H groups in total. The minimum absolute atomic E-state index is 0.0206. The maximum absolute atomic E-state index is 14.1. The molecule has 0 spiro atoms. The van der Waals surface area contributed by atoms with Gasteiger partial charge in [-0.2, -0.15) is 0 Å². The van der Waals surface area contributed by atoms with Crippen molar-refractivity contribution in [1.29, 1.82) is 0 Å². The van der Waals surface area contributed by atoms with E-state index in [1.807, 2.05) is 45.9 Å². The van der Waals surface area contributed by atoms with Crippen molar-refractivity contribution in [1.82, 2.24) is 14.5 Å². The predicted molar refractivity (Wildman–Crippen MR) is 142 cm³/mol. The quantitative estimate of drug-likeness (QED) is 0.301. The molecule has 1 aromatic heterocycles. The number of carbonyl (C=O) groups is 1. The molecular formula is C28H30IN3O2. The van der Waals surface area contributed by atoms with Gasteiger partial charge in [0.1, 0.15) is 5.82 Å². The number of rotatable bonds is 6. The maximum atomic E-state index is 14.1. The highest BCUT2D eigenvalue weighted by Gasteiger charge is 2.30. The number of hydrogen-bond donors (Lipinski definition) is 0. The van der Waals surface area contributed by atoms with Crippen molar-refractivity contribution in [2.24, 2.45) is 5.92 Å². The van der Waals surface area contributed by atoms with Crippen LogP contribution in [0.2, 0.25) is 0 Å². The van der Waals surface area contributed by atoms with Crippen LogP contribution in [0.15, 0.2) is 65.5 Å². The number of alkyl halides is 1. The molecule has 5 rings (SSSR count). The second-order valence-electron chi connectivity index (χ2n) is 9.41. The Morgan fingerprint density at radius 2 is 1.62 bits per heavy atom. The molecule has 1 saturated carbocycles. The Morgan fingerprint density at radius 1 is 1.00 bits per heavy atom. The van der Waals surface area contributed by atoms with Gasteiger partial charge in [0, 0.05) is 19.4 Å². The van der Waals surface area contributed by atoms with Crippen molar-refractivity contribution in [3.63, 3.8) is 0 Å². The second-order valence-corrected chi connectivity index (χ2v) is 10.2. The van der Waals surface area contributed by atoms with E-state index in [1.54, 1.807) is 0 Å². The first-order valence-electron chi connectivity index (χ1n) is 12.2. The summed E-state index contributed by atoms with van der Waals surface area (Å²) in [5, 5.41) is 0. The normalized spacial score (nSPS) is 16.1. The van der Waals surface area contributed by atoms with Crippen LogP contribution >= 0.6 is 22.6 Å². The van der Waals surface area contributed by atoms with Crippen LogP contribution in [-0.4, -0.2) is 26.9 Å². The van der Waals surface area contributed by atoms with E-state index >= 15 is 0 Å². The first-order valence-corrected chi connectivity index (χ1v) is 13.7. The van der Waals surface area contributed by atoms with Crippen molar-refractivity contribution in [3.05, 3.63) is 99.2 Å². The van der Waals surface area contributed by atoms with Gasteiger partial charge in [-0.15, -0.1) is 0 Å². The molecule has 34 heavy (non-hydrogen) atoms. The highest BCUT2D eigenvalue weighted by molar-refractivity contribution is 14.1. The lowest BCUT2D eigenvalue weighted by atomic mass is 9.97. The van der Waals surface area contributed by atoms with Crippen LogP contribution in [0.4, 0.5) is 0 Å². The molecular weight excluding hydrogens is 537 g/mol. The third-order valence-corrected chi connectivity index (χ3v) is 7.92. The zero-order valence-electron chi connectivity index (χ0n) is 19.3. The monoisotopic (exact) mass is 567 g/mol. The molecule has 1 aliphatic carbocycles. The summed E-state index contributed by atoms with van der Waals surface area (Å²) in [6, 6.07) is 20.0. The van der Waals surface area contributed by atoms with E-state index in [1.165, 1.54) is 12.8 Å². The summed E-state index contributed by atoms with van der Waals surface area (Å²) < 4.78 is 2.50. The number of benzene rings is 2. The minimum atomic E-state index is -0.262. The fourth-order valence-electron chi connectivity index (χ4n) is 5.46. The molecule has 6 heteroatoms. The van der Waals surface area contributed by atoms with Crippen LogP contribution in [0, 0.1) is 5.92 Å². The Bertz CT molecular complexity index is 1160. The SMILES string of the molecule is O=C(CC1CCCC1)N1CCc2nc(CI)n(C(c3ccccc3)c3ccccc3)c(=O)c2C1. The van der Waals surface area contributed by atoms with Gasteiger partial charge in [0.2, 0.25) is 5.91 Å². The summed E-state index contributed by atoms with van der Waals surface area (Å²) in [4.78, 5) is 34.0. The summed E-state index contributed by atoms with van der Waals surface area (Å²) >= 11 is 2.30. The van der Waals surface area contributed by atoms with Crippen molar-refractivity contribution in [3.8, 4) is 0 Å². The summed E-state index contributed by atoms with van der Waals surface area (Å²) in [5.41, 5.74) is 3.61. The fraction of sp³-hybridized carbons (Fsp3) is 0.393. The molecule has 0 saturated heterocycles. The Kier molecular flexibility index (Phi) is 7.13. The van der Waals surface area contributed by atoms with Crippen LogP contribution < -0.4 is 5.56 Å². The molecule has 2 heterocycles. The minimum Gasteiger partial charge on any atom is -0.338 e. The van der Waals surface area contributed by atoms with Crippen molar-refractivity contribution >= 4 is 28.5 Å². The molecule has 0 bridgehead atoms. The lowest BCUT2D eigenvalue weighted by Crippen LogP contribution is -2.43. The Labute approximate surface area is 214 Å². The molecule has 1 fully saturated rings. The molecule has 1 aliphatic heterocycles. The van der Waals surface area contributed by atoms with E-state index in [0.29, 0.717) is 41.8 Å². The van der Waals surface area contributed by atoms with Gasteiger partial charge in [-0.25, -0.2) is 4.98 Å². The summed E-state index contributed by atoms with van der Waals surface area (Å²) in [6.45, 7) is 1.01. The third kappa shape index (κ3) is 4.69. The van der Waals surface area contributed by atoms with Crippen LogP contribution in [-0.2, 0) is 22.2 Å². The van der Waals surface area contributed by atoms with Crippen molar-refractivity contribution < 1.29 is 4.79 Å². The average molecular weight is 567 g/mol. The lowest BCUT2D eigenvalue weighted by molar-refractivity contribution is -0.133. The van der Waals surface area contributed by atoms with Gasteiger partial charge in [0.05, 0.1) is 28.3 Å². The number of nitrogens with zero attached hydrogens (tertiary/aromatic N) is 3. The second kappa shape index (κ2) is 10.4. The van der Waals surface area contributed by atoms with Gasteiger partial charge < -0.3 is 4.90 Å². The number of hydrogen-bond acceptors (Lipinski definition) is 3. The van der Waals surface area contributed by atoms with E-state index < -0.39 is 0 Å². The topological polar surface area (TPSA) is 55.2 Å². The average Bonchev–Trinajstić information content (AvgIpc) is 3.39. The zero-order valence-corrected chi connectivity index (χ0v) is 21.5. The van der Waals surface area contributed by atoms with Crippen molar-refractivity contribution in [2.45, 2.75) is 55.5 Å². The predicted octanol–water partition coefficient (Wildman–Crippen LogP) is 5.28. The van der Waals surface area contributed by atoms with E-state index in [-0.39, 0.29) is 17.5 Å². The largest absolute Gasteiger partial charge is 0.338 e. The van der Waals surface area contributed by atoms with E-state index in [4.69, 9.17) is 4.98 Å². The molecule has 3 aromatic rings. The first-order chi connectivity index (χ1) is 16.7. The van der Waals surface area contributed by atoms with Gasteiger partial charge in [-0.1, -0.05) is 96.1 Å².